The number of alkyl halides is 4. The van der Waals surface area contributed by atoms with Gasteiger partial charge in [0.1, 0.15) is 0 Å². The molecule has 0 radical (unpaired) electrons. The van der Waals surface area contributed by atoms with E-state index in [4.69, 9.17) is 10.5 Å². The maximum absolute atomic E-state index is 15.8. The van der Waals surface area contributed by atoms with Crippen LogP contribution in [0.25, 0.3) is 11.0 Å². The van der Waals surface area contributed by atoms with E-state index in [0.717, 1.165) is 17.7 Å². The number of fused-ring (bicyclic) bond motifs is 1. The predicted molar refractivity (Wildman–Crippen MR) is 136 cm³/mol. The van der Waals surface area contributed by atoms with E-state index in [-0.39, 0.29) is 36.4 Å². The molecule has 2 N–H and O–H groups in total. The highest BCUT2D eigenvalue weighted by atomic mass is 19.4. The van der Waals surface area contributed by atoms with Gasteiger partial charge in [-0.15, -0.1) is 0 Å². The summed E-state index contributed by atoms with van der Waals surface area (Å²) in [6.45, 7) is 4.19. The number of piperidine rings is 2. The Morgan fingerprint density at radius 1 is 1.13 bits per heavy atom. The average Bonchev–Trinajstić information content (AvgIpc) is 3.28. The summed E-state index contributed by atoms with van der Waals surface area (Å²) in [5, 5.41) is 0. The molecule has 1 aromatic carbocycles. The largest absolute Gasteiger partial charge is 0.465 e. The summed E-state index contributed by atoms with van der Waals surface area (Å²) in [5.74, 6) is -0.299. The molecule has 2 saturated heterocycles. The van der Waals surface area contributed by atoms with Crippen LogP contribution in [-0.4, -0.2) is 73.7 Å². The number of ether oxygens (including phenoxy) is 1. The number of rotatable bonds is 6. The Kier molecular flexibility index (Phi) is 7.36. The Labute approximate surface area is 223 Å². The number of nitrogens with two attached hydrogens (primary N) is 1. The lowest BCUT2D eigenvalue weighted by molar-refractivity contribution is -0.149. The van der Waals surface area contributed by atoms with Gasteiger partial charge in [0.05, 0.1) is 23.2 Å². The number of carbonyl (C=O) groups excluding carboxylic acids is 1. The average molecular weight is 550 g/mol. The van der Waals surface area contributed by atoms with Gasteiger partial charge in [-0.3, -0.25) is 14.3 Å². The second-order valence-electron chi connectivity index (χ2n) is 10.1. The van der Waals surface area contributed by atoms with Crippen LogP contribution in [0.1, 0.15) is 49.8 Å². The van der Waals surface area contributed by atoms with Crippen molar-refractivity contribution in [2.24, 2.45) is 0 Å². The highest BCUT2D eigenvalue weighted by Gasteiger charge is 2.45. The lowest BCUT2D eigenvalue weighted by Crippen LogP contribution is -2.53. The second kappa shape index (κ2) is 10.6. The fourth-order valence-electron chi connectivity index (χ4n) is 5.43. The monoisotopic (exact) mass is 549 g/mol. The highest BCUT2D eigenvalue weighted by Crippen LogP contribution is 2.37. The third kappa shape index (κ3) is 5.63. The van der Waals surface area contributed by atoms with Crippen LogP contribution >= 0.6 is 0 Å². The van der Waals surface area contributed by atoms with E-state index in [9.17, 15) is 18.0 Å². The SMILES string of the molecule is CCOc1nc2cc(C(F)(F)F)ccc2n1C1CCN(C(=O)C2(F)CCN(Cc3cnc(N)nc3)CC2)CC1. The molecule has 210 valence electrons. The van der Waals surface area contributed by atoms with Crippen molar-refractivity contribution in [1.29, 1.82) is 0 Å². The van der Waals surface area contributed by atoms with Crippen LogP contribution in [0.4, 0.5) is 23.5 Å². The molecule has 1 amide bonds. The van der Waals surface area contributed by atoms with E-state index < -0.39 is 23.3 Å². The third-order valence-electron chi connectivity index (χ3n) is 7.54. The number of anilines is 1. The molecule has 0 bridgehead atoms. The van der Waals surface area contributed by atoms with Crippen LogP contribution < -0.4 is 10.5 Å². The van der Waals surface area contributed by atoms with Crippen LogP contribution in [0.5, 0.6) is 6.01 Å². The summed E-state index contributed by atoms with van der Waals surface area (Å²) in [7, 11) is 0. The number of likely N-dealkylation sites (tertiary alicyclic amines) is 2. The lowest BCUT2D eigenvalue weighted by atomic mass is 9.90. The Bertz CT molecular complexity index is 1310. The van der Waals surface area contributed by atoms with Gasteiger partial charge in [-0.25, -0.2) is 14.4 Å². The fraction of sp³-hybridized carbons (Fsp3) is 0.538. The number of aromatic nitrogens is 4. The molecule has 3 aromatic rings. The van der Waals surface area contributed by atoms with E-state index in [1.807, 2.05) is 4.57 Å². The number of amides is 1. The molecular formula is C26H31F4N7O2. The van der Waals surface area contributed by atoms with E-state index in [2.05, 4.69) is 19.9 Å². The van der Waals surface area contributed by atoms with Crippen molar-refractivity contribution in [2.45, 2.75) is 57.0 Å². The van der Waals surface area contributed by atoms with Crippen molar-refractivity contribution in [1.82, 2.24) is 29.3 Å². The number of nitrogen functional groups attached to an aromatic ring is 1. The van der Waals surface area contributed by atoms with Crippen LogP contribution in [0.15, 0.2) is 30.6 Å². The number of carbonyl (C=O) groups is 1. The van der Waals surface area contributed by atoms with Crippen molar-refractivity contribution in [3.05, 3.63) is 41.7 Å². The maximum atomic E-state index is 15.8. The van der Waals surface area contributed by atoms with Crippen molar-refractivity contribution < 1.29 is 27.1 Å². The minimum Gasteiger partial charge on any atom is -0.465 e. The first-order chi connectivity index (χ1) is 18.6. The summed E-state index contributed by atoms with van der Waals surface area (Å²) >= 11 is 0. The number of halogens is 4. The fourth-order valence-corrected chi connectivity index (χ4v) is 5.43. The first kappa shape index (κ1) is 27.1. The third-order valence-corrected chi connectivity index (χ3v) is 7.54. The summed E-state index contributed by atoms with van der Waals surface area (Å²) in [6.07, 6.45) is 0.0382. The smallest absolute Gasteiger partial charge is 0.416 e. The van der Waals surface area contributed by atoms with Crippen LogP contribution in [0, 0.1) is 0 Å². The topological polar surface area (TPSA) is 102 Å². The Balaban J connectivity index is 1.23. The predicted octanol–water partition coefficient (Wildman–Crippen LogP) is 3.99. The summed E-state index contributed by atoms with van der Waals surface area (Å²) in [5.41, 5.74) is 4.44. The zero-order chi connectivity index (χ0) is 27.8. The zero-order valence-corrected chi connectivity index (χ0v) is 21.6. The van der Waals surface area contributed by atoms with Gasteiger partial charge in [0.15, 0.2) is 5.67 Å². The molecule has 5 rings (SSSR count). The minimum absolute atomic E-state index is 0.101. The molecule has 9 nitrogen and oxygen atoms in total. The minimum atomic E-state index is -4.47. The van der Waals surface area contributed by atoms with Crippen LogP contribution in [0.3, 0.4) is 0 Å². The van der Waals surface area contributed by atoms with Gasteiger partial charge in [-0.05, 0) is 38.0 Å². The Morgan fingerprint density at radius 2 is 1.79 bits per heavy atom. The van der Waals surface area contributed by atoms with Gasteiger partial charge >= 0.3 is 6.18 Å². The van der Waals surface area contributed by atoms with E-state index in [1.165, 1.54) is 6.07 Å². The molecule has 39 heavy (non-hydrogen) atoms. The normalized spacial score (nSPS) is 18.9. The maximum Gasteiger partial charge on any atom is 0.416 e. The molecule has 2 aromatic heterocycles. The van der Waals surface area contributed by atoms with Gasteiger partial charge in [0.2, 0.25) is 5.95 Å². The molecule has 13 heteroatoms. The first-order valence-electron chi connectivity index (χ1n) is 13.1. The molecule has 2 aliphatic heterocycles. The molecule has 0 atom stereocenters. The number of hydrogen-bond acceptors (Lipinski definition) is 7. The van der Waals surface area contributed by atoms with Gasteiger partial charge < -0.3 is 15.4 Å². The van der Waals surface area contributed by atoms with Crippen LogP contribution in [-0.2, 0) is 17.5 Å². The summed E-state index contributed by atoms with van der Waals surface area (Å²) in [6, 6.07) is 3.57. The van der Waals surface area contributed by atoms with Crippen molar-refractivity contribution in [3.63, 3.8) is 0 Å². The Hall–Kier alpha value is -3.48. The standard InChI is InChI=1S/C26H31F4N7O2/c1-2-39-24-34-20-13-18(26(28,29)30)3-4-21(20)37(24)19-5-9-36(10-6-19)22(38)25(27)7-11-35(12-8-25)16-17-14-32-23(31)33-15-17/h3-4,13-15,19H,2,5-12,16H2,1H3,(H2,31,32,33). The molecule has 2 aliphatic rings. The van der Waals surface area contributed by atoms with Gasteiger partial charge in [-0.1, -0.05) is 0 Å². The van der Waals surface area contributed by atoms with Gasteiger partial charge in [0.25, 0.3) is 11.9 Å². The Morgan fingerprint density at radius 3 is 2.41 bits per heavy atom. The van der Waals surface area contributed by atoms with Gasteiger partial charge in [0, 0.05) is 69.6 Å². The van der Waals surface area contributed by atoms with Crippen LogP contribution in [0.2, 0.25) is 0 Å². The molecule has 0 aliphatic carbocycles. The van der Waals surface area contributed by atoms with E-state index in [0.29, 0.717) is 57.7 Å². The first-order valence-corrected chi connectivity index (χ1v) is 13.1. The number of nitrogens with zero attached hydrogens (tertiary/aromatic N) is 6. The summed E-state index contributed by atoms with van der Waals surface area (Å²) in [4.78, 5) is 29.1. The van der Waals surface area contributed by atoms with E-state index in [1.54, 1.807) is 24.2 Å². The quantitative estimate of drug-likeness (QED) is 0.464. The summed E-state index contributed by atoms with van der Waals surface area (Å²) < 4.78 is 62.9. The molecule has 0 spiro atoms. The molecular weight excluding hydrogens is 518 g/mol. The number of imidazole rings is 1. The van der Waals surface area contributed by atoms with Gasteiger partial charge in [-0.2, -0.15) is 18.2 Å². The molecule has 0 unspecified atom stereocenters. The second-order valence-corrected chi connectivity index (χ2v) is 10.1. The molecule has 0 saturated carbocycles. The van der Waals surface area contributed by atoms with Crippen molar-refractivity contribution in [3.8, 4) is 6.01 Å². The highest BCUT2D eigenvalue weighted by molar-refractivity contribution is 5.85. The lowest BCUT2D eigenvalue weighted by Gasteiger charge is -2.40. The molecule has 2 fully saturated rings. The molecule has 4 heterocycles. The number of benzene rings is 1. The van der Waals surface area contributed by atoms with Crippen molar-refractivity contribution >= 4 is 22.9 Å². The number of hydrogen-bond donors (Lipinski definition) is 1. The van der Waals surface area contributed by atoms with Crippen molar-refractivity contribution in [2.75, 3.05) is 38.5 Å². The van der Waals surface area contributed by atoms with E-state index >= 15 is 4.39 Å². The zero-order valence-electron chi connectivity index (χ0n) is 21.6.